The summed E-state index contributed by atoms with van der Waals surface area (Å²) in [5.41, 5.74) is 1.64. The number of rotatable bonds is 7. The monoisotopic (exact) mass is 289 g/mol. The van der Waals surface area contributed by atoms with Crippen LogP contribution in [-0.2, 0) is 25.6 Å². The second kappa shape index (κ2) is 7.57. The van der Waals surface area contributed by atoms with Crippen molar-refractivity contribution < 1.29 is 19.2 Å². The van der Waals surface area contributed by atoms with Crippen molar-refractivity contribution in [2.75, 3.05) is 0 Å². The molecular weight excluding hydrogens is 270 g/mol. The van der Waals surface area contributed by atoms with Gasteiger partial charge >= 0.3 is 5.97 Å². The molecule has 0 aromatic heterocycles. The standard InChI is InChI=1S/C16H19NO4/c1-12(18)20-16-11-14(17-21-16)15(19)10-6-5-9-13-7-3-2-4-8-13/h2-4,7-8,16H,5-6,9-11H2,1H3. The molecule has 0 amide bonds. The van der Waals surface area contributed by atoms with Gasteiger partial charge in [-0.15, -0.1) is 0 Å². The number of oxime groups is 1. The van der Waals surface area contributed by atoms with Crippen LogP contribution >= 0.6 is 0 Å². The highest BCUT2D eigenvalue weighted by atomic mass is 16.8. The number of aryl methyl sites for hydroxylation is 1. The molecule has 1 unspecified atom stereocenters. The van der Waals surface area contributed by atoms with E-state index in [0.717, 1.165) is 19.3 Å². The van der Waals surface area contributed by atoms with Crippen LogP contribution in [0.25, 0.3) is 0 Å². The Morgan fingerprint density at radius 2 is 2.05 bits per heavy atom. The maximum atomic E-state index is 11.9. The van der Waals surface area contributed by atoms with Crippen LogP contribution < -0.4 is 0 Å². The smallest absolute Gasteiger partial charge is 0.305 e. The zero-order valence-electron chi connectivity index (χ0n) is 12.1. The SMILES string of the molecule is CC(=O)OC1CC(C(=O)CCCCc2ccccc2)=NO1. The van der Waals surface area contributed by atoms with Gasteiger partial charge in [0, 0.05) is 13.3 Å². The zero-order chi connectivity index (χ0) is 15.1. The van der Waals surface area contributed by atoms with Gasteiger partial charge in [-0.1, -0.05) is 35.5 Å². The summed E-state index contributed by atoms with van der Waals surface area (Å²) in [6, 6.07) is 10.2. The minimum absolute atomic E-state index is 0.0299. The summed E-state index contributed by atoms with van der Waals surface area (Å²) < 4.78 is 4.85. The lowest BCUT2D eigenvalue weighted by Crippen LogP contribution is -2.19. The predicted octanol–water partition coefficient (Wildman–Crippen LogP) is 2.63. The number of nitrogens with zero attached hydrogens (tertiary/aromatic N) is 1. The quantitative estimate of drug-likeness (QED) is 0.571. The van der Waals surface area contributed by atoms with E-state index in [1.165, 1.54) is 12.5 Å². The van der Waals surface area contributed by atoms with Gasteiger partial charge in [0.2, 0.25) is 0 Å². The third-order valence-corrected chi connectivity index (χ3v) is 3.22. The molecule has 0 bridgehead atoms. The van der Waals surface area contributed by atoms with E-state index in [2.05, 4.69) is 17.3 Å². The lowest BCUT2D eigenvalue weighted by atomic mass is 10.0. The molecule has 0 saturated carbocycles. The number of ether oxygens (including phenoxy) is 1. The number of carbonyl (C=O) groups excluding carboxylic acids is 2. The Morgan fingerprint density at radius 3 is 2.76 bits per heavy atom. The number of carbonyl (C=O) groups is 2. The van der Waals surface area contributed by atoms with E-state index in [0.29, 0.717) is 12.1 Å². The number of Topliss-reactive ketones (excluding diaryl/α,β-unsaturated/α-hetero) is 1. The molecule has 0 saturated heterocycles. The molecule has 112 valence electrons. The van der Waals surface area contributed by atoms with Crippen molar-refractivity contribution in [3.63, 3.8) is 0 Å². The zero-order valence-corrected chi connectivity index (χ0v) is 12.1. The molecule has 0 N–H and O–H groups in total. The van der Waals surface area contributed by atoms with Gasteiger partial charge in [-0.2, -0.15) is 0 Å². The Bertz CT molecular complexity index is 524. The molecule has 0 spiro atoms. The van der Waals surface area contributed by atoms with Gasteiger partial charge in [0.05, 0.1) is 6.42 Å². The van der Waals surface area contributed by atoms with Gasteiger partial charge in [0.25, 0.3) is 6.29 Å². The number of hydrogen-bond donors (Lipinski definition) is 0. The summed E-state index contributed by atoms with van der Waals surface area (Å²) in [5.74, 6) is -0.468. The van der Waals surface area contributed by atoms with E-state index in [1.807, 2.05) is 18.2 Å². The normalized spacial score (nSPS) is 17.0. The number of hydrogen-bond acceptors (Lipinski definition) is 5. The van der Waals surface area contributed by atoms with Crippen molar-refractivity contribution in [1.82, 2.24) is 0 Å². The minimum Gasteiger partial charge on any atom is -0.423 e. The largest absolute Gasteiger partial charge is 0.423 e. The lowest BCUT2D eigenvalue weighted by Gasteiger charge is -2.06. The molecule has 1 aromatic rings. The van der Waals surface area contributed by atoms with Crippen LogP contribution in [0.5, 0.6) is 0 Å². The van der Waals surface area contributed by atoms with Gasteiger partial charge in [-0.3, -0.25) is 9.59 Å². The van der Waals surface area contributed by atoms with Gasteiger partial charge in [0.15, 0.2) is 5.78 Å². The van der Waals surface area contributed by atoms with Gasteiger partial charge in [-0.05, 0) is 24.8 Å². The molecule has 1 atom stereocenters. The molecule has 0 radical (unpaired) electrons. The maximum absolute atomic E-state index is 11.9. The Kier molecular flexibility index (Phi) is 5.49. The van der Waals surface area contributed by atoms with Crippen LogP contribution in [0.1, 0.15) is 38.2 Å². The van der Waals surface area contributed by atoms with Gasteiger partial charge < -0.3 is 9.57 Å². The third-order valence-electron chi connectivity index (χ3n) is 3.22. The molecule has 0 fully saturated rings. The molecule has 1 aromatic carbocycles. The van der Waals surface area contributed by atoms with E-state index >= 15 is 0 Å². The second-order valence-corrected chi connectivity index (χ2v) is 5.00. The first-order valence-corrected chi connectivity index (χ1v) is 7.12. The fraction of sp³-hybridized carbons (Fsp3) is 0.438. The minimum atomic E-state index is -0.745. The fourth-order valence-electron chi connectivity index (χ4n) is 2.17. The molecule has 1 aliphatic rings. The average molecular weight is 289 g/mol. The van der Waals surface area contributed by atoms with Gasteiger partial charge in [-0.25, -0.2) is 0 Å². The van der Waals surface area contributed by atoms with E-state index in [4.69, 9.17) is 9.57 Å². The summed E-state index contributed by atoms with van der Waals surface area (Å²) in [5, 5.41) is 3.70. The van der Waals surface area contributed by atoms with Crippen LogP contribution in [0.15, 0.2) is 35.5 Å². The first-order chi connectivity index (χ1) is 10.1. The topological polar surface area (TPSA) is 65.0 Å². The molecule has 0 aliphatic carbocycles. The number of unbranched alkanes of at least 4 members (excludes halogenated alkanes) is 1. The van der Waals surface area contributed by atoms with Crippen molar-refractivity contribution >= 4 is 17.5 Å². The summed E-state index contributed by atoms with van der Waals surface area (Å²) >= 11 is 0. The Hall–Kier alpha value is -2.17. The average Bonchev–Trinajstić information content (AvgIpc) is 2.92. The number of esters is 1. The number of ketones is 1. The molecule has 2 rings (SSSR count). The molecule has 5 nitrogen and oxygen atoms in total. The van der Waals surface area contributed by atoms with Crippen LogP contribution in [-0.4, -0.2) is 23.8 Å². The first-order valence-electron chi connectivity index (χ1n) is 7.12. The molecular formula is C16H19NO4. The predicted molar refractivity (Wildman–Crippen MR) is 77.7 cm³/mol. The first kappa shape index (κ1) is 15.2. The van der Waals surface area contributed by atoms with Crippen LogP contribution in [0.3, 0.4) is 0 Å². The van der Waals surface area contributed by atoms with Crippen molar-refractivity contribution in [2.45, 2.75) is 45.3 Å². The Labute approximate surface area is 123 Å². The number of benzene rings is 1. The summed E-state index contributed by atoms with van der Waals surface area (Å²) in [7, 11) is 0. The highest BCUT2D eigenvalue weighted by Crippen LogP contribution is 2.15. The van der Waals surface area contributed by atoms with Crippen molar-refractivity contribution in [3.05, 3.63) is 35.9 Å². The van der Waals surface area contributed by atoms with E-state index < -0.39 is 12.3 Å². The Balaban J connectivity index is 1.65. The van der Waals surface area contributed by atoms with Crippen LogP contribution in [0, 0.1) is 0 Å². The molecule has 1 heterocycles. The van der Waals surface area contributed by atoms with Crippen molar-refractivity contribution in [1.29, 1.82) is 0 Å². The van der Waals surface area contributed by atoms with E-state index in [1.54, 1.807) is 0 Å². The third kappa shape index (κ3) is 5.02. The highest BCUT2D eigenvalue weighted by molar-refractivity contribution is 6.40. The van der Waals surface area contributed by atoms with Gasteiger partial charge in [0.1, 0.15) is 5.71 Å². The van der Waals surface area contributed by atoms with Crippen LogP contribution in [0.2, 0.25) is 0 Å². The van der Waals surface area contributed by atoms with Crippen molar-refractivity contribution in [2.24, 2.45) is 5.16 Å². The fourth-order valence-corrected chi connectivity index (χ4v) is 2.17. The lowest BCUT2D eigenvalue weighted by molar-refractivity contribution is -0.170. The summed E-state index contributed by atoms with van der Waals surface area (Å²) in [6.07, 6.45) is 2.68. The van der Waals surface area contributed by atoms with Crippen LogP contribution in [0.4, 0.5) is 0 Å². The maximum Gasteiger partial charge on any atom is 0.305 e. The molecule has 21 heavy (non-hydrogen) atoms. The van der Waals surface area contributed by atoms with Crippen molar-refractivity contribution in [3.8, 4) is 0 Å². The van der Waals surface area contributed by atoms with E-state index in [-0.39, 0.29) is 12.2 Å². The second-order valence-electron chi connectivity index (χ2n) is 5.00. The summed E-state index contributed by atoms with van der Waals surface area (Å²) in [6.45, 7) is 1.30. The molecule has 1 aliphatic heterocycles. The Morgan fingerprint density at radius 1 is 1.29 bits per heavy atom. The van der Waals surface area contributed by atoms with E-state index in [9.17, 15) is 9.59 Å². The molecule has 5 heteroatoms. The highest BCUT2D eigenvalue weighted by Gasteiger charge is 2.27. The summed E-state index contributed by atoms with van der Waals surface area (Å²) in [4.78, 5) is 27.6.